The lowest BCUT2D eigenvalue weighted by molar-refractivity contribution is 0.415. The van der Waals surface area contributed by atoms with Gasteiger partial charge in [0.2, 0.25) is 0 Å². The van der Waals surface area contributed by atoms with Crippen molar-refractivity contribution in [3.63, 3.8) is 0 Å². The molecule has 5 nitrogen and oxygen atoms in total. The molecule has 4 rings (SSSR count). The predicted octanol–water partition coefficient (Wildman–Crippen LogP) is 5.40. The van der Waals surface area contributed by atoms with Crippen molar-refractivity contribution in [2.75, 3.05) is 12.5 Å². The van der Waals surface area contributed by atoms with Crippen molar-refractivity contribution in [3.8, 4) is 17.1 Å². The fourth-order valence-corrected chi connectivity index (χ4v) is 2.91. The van der Waals surface area contributed by atoms with Crippen LogP contribution in [0, 0.1) is 0 Å². The number of benzene rings is 3. The molecule has 1 N–H and O–H groups in total. The van der Waals surface area contributed by atoms with Crippen molar-refractivity contribution in [2.24, 2.45) is 5.10 Å². The van der Waals surface area contributed by atoms with Gasteiger partial charge in [-0.1, -0.05) is 35.9 Å². The minimum atomic E-state index is 0.606. The van der Waals surface area contributed by atoms with Gasteiger partial charge >= 0.3 is 0 Å². The highest BCUT2D eigenvalue weighted by molar-refractivity contribution is 6.30. The molecule has 1 heterocycles. The molecule has 3 aromatic carbocycles. The van der Waals surface area contributed by atoms with E-state index in [0.717, 1.165) is 27.8 Å². The Morgan fingerprint density at radius 2 is 1.79 bits per heavy atom. The smallest absolute Gasteiger partial charge is 0.162 e. The van der Waals surface area contributed by atoms with E-state index >= 15 is 0 Å². The summed E-state index contributed by atoms with van der Waals surface area (Å²) < 4.78 is 5.24. The quantitative estimate of drug-likeness (QED) is 0.367. The molecule has 0 atom stereocenters. The summed E-state index contributed by atoms with van der Waals surface area (Å²) in [6, 6.07) is 22.9. The normalized spacial score (nSPS) is 11.1. The van der Waals surface area contributed by atoms with Crippen LogP contribution < -0.4 is 10.2 Å². The first-order valence-corrected chi connectivity index (χ1v) is 9.06. The molecule has 0 fully saturated rings. The maximum absolute atomic E-state index is 5.99. The van der Waals surface area contributed by atoms with Crippen LogP contribution in [-0.4, -0.2) is 23.3 Å². The summed E-state index contributed by atoms with van der Waals surface area (Å²) in [5.74, 6) is 2.02. The number of aromatic nitrogens is 2. The molecule has 4 aromatic rings. The summed E-state index contributed by atoms with van der Waals surface area (Å²) in [6.45, 7) is 0. The van der Waals surface area contributed by atoms with Crippen LogP contribution >= 0.6 is 11.6 Å². The monoisotopic (exact) mass is 388 g/mol. The molecule has 0 saturated heterocycles. The van der Waals surface area contributed by atoms with E-state index in [9.17, 15) is 0 Å². The van der Waals surface area contributed by atoms with Gasteiger partial charge in [-0.05, 0) is 54.1 Å². The maximum Gasteiger partial charge on any atom is 0.162 e. The molecule has 0 saturated carbocycles. The number of halogens is 1. The first kappa shape index (κ1) is 17.9. The van der Waals surface area contributed by atoms with Gasteiger partial charge in [0.05, 0.1) is 18.8 Å². The molecule has 0 aliphatic heterocycles. The Labute approximate surface area is 167 Å². The van der Waals surface area contributed by atoms with Crippen molar-refractivity contribution < 1.29 is 4.74 Å². The van der Waals surface area contributed by atoms with E-state index in [1.54, 1.807) is 13.3 Å². The maximum atomic E-state index is 5.99. The lowest BCUT2D eigenvalue weighted by Gasteiger charge is -2.08. The molecule has 28 heavy (non-hydrogen) atoms. The van der Waals surface area contributed by atoms with Gasteiger partial charge in [0.15, 0.2) is 11.6 Å². The Hall–Kier alpha value is -3.44. The van der Waals surface area contributed by atoms with Crippen molar-refractivity contribution in [1.29, 1.82) is 0 Å². The Kier molecular flexibility index (Phi) is 5.17. The van der Waals surface area contributed by atoms with E-state index in [0.29, 0.717) is 16.7 Å². The second-order valence-corrected chi connectivity index (χ2v) is 6.50. The number of hydrazone groups is 1. The number of fused-ring (bicyclic) bond motifs is 1. The van der Waals surface area contributed by atoms with Crippen LogP contribution in [0.3, 0.4) is 0 Å². The highest BCUT2D eigenvalue weighted by Gasteiger charge is 2.09. The number of methoxy groups -OCH3 is 1. The van der Waals surface area contributed by atoms with Gasteiger partial charge in [-0.25, -0.2) is 9.97 Å². The molecule has 0 aliphatic carbocycles. The van der Waals surface area contributed by atoms with Gasteiger partial charge in [-0.15, -0.1) is 0 Å². The highest BCUT2D eigenvalue weighted by Crippen LogP contribution is 2.25. The summed E-state index contributed by atoms with van der Waals surface area (Å²) in [6.07, 6.45) is 1.72. The van der Waals surface area contributed by atoms with Gasteiger partial charge in [0.25, 0.3) is 0 Å². The zero-order valence-electron chi connectivity index (χ0n) is 15.1. The number of ether oxygens (including phenoxy) is 1. The van der Waals surface area contributed by atoms with Crippen LogP contribution in [-0.2, 0) is 0 Å². The molecular weight excluding hydrogens is 372 g/mol. The van der Waals surface area contributed by atoms with Crippen LogP contribution in [0.5, 0.6) is 5.75 Å². The molecule has 1 aromatic heterocycles. The van der Waals surface area contributed by atoms with Crippen molar-refractivity contribution >= 4 is 34.5 Å². The third-order valence-corrected chi connectivity index (χ3v) is 4.44. The molecule has 0 aliphatic rings. The van der Waals surface area contributed by atoms with E-state index in [2.05, 4.69) is 20.5 Å². The summed E-state index contributed by atoms with van der Waals surface area (Å²) >= 11 is 5.99. The summed E-state index contributed by atoms with van der Waals surface area (Å²) in [5, 5.41) is 5.91. The van der Waals surface area contributed by atoms with E-state index in [4.69, 9.17) is 16.3 Å². The summed E-state index contributed by atoms with van der Waals surface area (Å²) in [7, 11) is 1.64. The van der Waals surface area contributed by atoms with Crippen LogP contribution in [0.15, 0.2) is 77.9 Å². The molecule has 138 valence electrons. The van der Waals surface area contributed by atoms with Crippen LogP contribution in [0.2, 0.25) is 5.02 Å². The summed E-state index contributed by atoms with van der Waals surface area (Å²) in [5.41, 5.74) is 5.69. The second kappa shape index (κ2) is 8.06. The van der Waals surface area contributed by atoms with Crippen LogP contribution in [0.25, 0.3) is 22.3 Å². The minimum Gasteiger partial charge on any atom is -0.497 e. The molecule has 0 unspecified atom stereocenters. The standard InChI is InChI=1S/C22H17ClN4O/c1-28-18-6-4-5-15(13-18)14-24-27-22-19-7-2-3-8-20(19)25-21(26-22)16-9-11-17(23)12-10-16/h2-14H,1H3,(H,25,26,27)/b24-14+. The predicted molar refractivity (Wildman–Crippen MR) is 114 cm³/mol. The molecule has 0 spiro atoms. The van der Waals surface area contributed by atoms with Crippen molar-refractivity contribution in [3.05, 3.63) is 83.4 Å². The average Bonchev–Trinajstić information content (AvgIpc) is 2.74. The van der Waals surface area contributed by atoms with E-state index in [1.165, 1.54) is 0 Å². The van der Waals surface area contributed by atoms with Gasteiger partial charge in [0, 0.05) is 16.0 Å². The molecule has 6 heteroatoms. The van der Waals surface area contributed by atoms with Gasteiger partial charge in [-0.3, -0.25) is 5.43 Å². The topological polar surface area (TPSA) is 59.4 Å². The molecule has 0 amide bonds. The Bertz CT molecular complexity index is 1140. The van der Waals surface area contributed by atoms with Crippen molar-refractivity contribution in [1.82, 2.24) is 9.97 Å². The largest absolute Gasteiger partial charge is 0.497 e. The van der Waals surface area contributed by atoms with Gasteiger partial charge in [0.1, 0.15) is 5.75 Å². The zero-order valence-corrected chi connectivity index (χ0v) is 15.9. The number of nitrogens with zero attached hydrogens (tertiary/aromatic N) is 3. The number of hydrogen-bond donors (Lipinski definition) is 1. The Balaban J connectivity index is 1.68. The number of hydrogen-bond acceptors (Lipinski definition) is 5. The van der Waals surface area contributed by atoms with Crippen LogP contribution in [0.1, 0.15) is 5.56 Å². The number of rotatable bonds is 5. The fraction of sp³-hybridized carbons (Fsp3) is 0.0455. The number of para-hydroxylation sites is 1. The lowest BCUT2D eigenvalue weighted by Crippen LogP contribution is -1.99. The number of nitrogens with one attached hydrogen (secondary N) is 1. The Morgan fingerprint density at radius 1 is 0.964 bits per heavy atom. The van der Waals surface area contributed by atoms with E-state index < -0.39 is 0 Å². The first-order chi connectivity index (χ1) is 13.7. The first-order valence-electron chi connectivity index (χ1n) is 8.69. The zero-order chi connectivity index (χ0) is 19.3. The van der Waals surface area contributed by atoms with Gasteiger partial charge in [-0.2, -0.15) is 5.10 Å². The summed E-state index contributed by atoms with van der Waals surface area (Å²) in [4.78, 5) is 9.32. The highest BCUT2D eigenvalue weighted by atomic mass is 35.5. The number of anilines is 1. The van der Waals surface area contributed by atoms with E-state index in [-0.39, 0.29) is 0 Å². The van der Waals surface area contributed by atoms with Gasteiger partial charge < -0.3 is 4.74 Å². The van der Waals surface area contributed by atoms with Crippen molar-refractivity contribution in [2.45, 2.75) is 0 Å². The molecule has 0 bridgehead atoms. The third-order valence-electron chi connectivity index (χ3n) is 4.18. The average molecular weight is 389 g/mol. The Morgan fingerprint density at radius 3 is 2.61 bits per heavy atom. The molecule has 0 radical (unpaired) electrons. The fourth-order valence-electron chi connectivity index (χ4n) is 2.78. The van der Waals surface area contributed by atoms with E-state index in [1.807, 2.05) is 72.8 Å². The third kappa shape index (κ3) is 3.94. The second-order valence-electron chi connectivity index (χ2n) is 6.07. The SMILES string of the molecule is COc1cccc(/C=N/Nc2nc(-c3ccc(Cl)cc3)nc3ccccc23)c1. The molecular formula is C22H17ClN4O. The lowest BCUT2D eigenvalue weighted by atomic mass is 10.2. The minimum absolute atomic E-state index is 0.606. The van der Waals surface area contributed by atoms with Crippen LogP contribution in [0.4, 0.5) is 5.82 Å².